The zero-order valence-corrected chi connectivity index (χ0v) is 6.33. The first kappa shape index (κ1) is 7.62. The molecule has 0 aliphatic carbocycles. The number of phenolic OH excluding ortho intramolecular Hbond substituents is 1. The molecule has 2 heteroatoms. The largest absolute Gasteiger partial charge is 0.508 e. The highest BCUT2D eigenvalue weighted by atomic mass is 16.3. The summed E-state index contributed by atoms with van der Waals surface area (Å²) in [7, 11) is 0. The van der Waals surface area contributed by atoms with E-state index >= 15 is 0 Å². The minimum absolute atomic E-state index is 0.262. The van der Waals surface area contributed by atoms with Crippen molar-refractivity contribution in [2.45, 2.75) is 13.3 Å². The molecule has 0 atom stereocenters. The Kier molecular flexibility index (Phi) is 2.12. The number of aryl methyl sites for hydroxylation is 1. The molecule has 0 spiro atoms. The van der Waals surface area contributed by atoms with E-state index in [2.05, 4.69) is 0 Å². The van der Waals surface area contributed by atoms with E-state index in [-0.39, 0.29) is 5.75 Å². The number of benzene rings is 1. The van der Waals surface area contributed by atoms with Crippen molar-refractivity contribution in [2.24, 2.45) is 0 Å². The molecule has 0 saturated heterocycles. The van der Waals surface area contributed by atoms with Crippen LogP contribution in [0.1, 0.15) is 11.1 Å². The average Bonchev–Trinajstić information content (AvgIpc) is 1.98. The highest BCUT2D eigenvalue weighted by Crippen LogP contribution is 2.17. The van der Waals surface area contributed by atoms with Gasteiger partial charge in [0, 0.05) is 0 Å². The number of phenols is 1. The monoisotopic (exact) mass is 147 g/mol. The van der Waals surface area contributed by atoms with Crippen LogP contribution in [0.15, 0.2) is 18.2 Å². The Hall–Kier alpha value is -1.49. The van der Waals surface area contributed by atoms with Crippen molar-refractivity contribution in [1.82, 2.24) is 0 Å². The maximum atomic E-state index is 9.22. The van der Waals surface area contributed by atoms with Crippen LogP contribution in [-0.2, 0) is 6.42 Å². The first-order valence-corrected chi connectivity index (χ1v) is 3.39. The molecule has 2 nitrogen and oxygen atoms in total. The SMILES string of the molecule is Cc1ccc(CC#N)cc1O. The number of hydrogen-bond donors (Lipinski definition) is 1. The van der Waals surface area contributed by atoms with Crippen molar-refractivity contribution in [1.29, 1.82) is 5.26 Å². The van der Waals surface area contributed by atoms with Crippen molar-refractivity contribution in [3.05, 3.63) is 29.3 Å². The van der Waals surface area contributed by atoms with Gasteiger partial charge in [-0.3, -0.25) is 0 Å². The van der Waals surface area contributed by atoms with Crippen LogP contribution >= 0.6 is 0 Å². The Morgan fingerprint density at radius 3 is 2.82 bits per heavy atom. The molecule has 0 amide bonds. The molecule has 1 rings (SSSR count). The molecule has 0 saturated carbocycles. The van der Waals surface area contributed by atoms with E-state index in [1.54, 1.807) is 6.07 Å². The molecule has 0 radical (unpaired) electrons. The van der Waals surface area contributed by atoms with Crippen molar-refractivity contribution in [2.75, 3.05) is 0 Å². The maximum absolute atomic E-state index is 9.22. The van der Waals surface area contributed by atoms with Crippen LogP contribution < -0.4 is 0 Å². The summed E-state index contributed by atoms with van der Waals surface area (Å²) in [5.41, 5.74) is 1.70. The van der Waals surface area contributed by atoms with E-state index in [9.17, 15) is 5.11 Å². The highest BCUT2D eigenvalue weighted by Gasteiger charge is 1.96. The van der Waals surface area contributed by atoms with Gasteiger partial charge in [0.1, 0.15) is 5.75 Å². The summed E-state index contributed by atoms with van der Waals surface area (Å²) in [6, 6.07) is 7.30. The second kappa shape index (κ2) is 3.07. The lowest BCUT2D eigenvalue weighted by atomic mass is 10.1. The van der Waals surface area contributed by atoms with Gasteiger partial charge in [-0.1, -0.05) is 12.1 Å². The molecular formula is C9H9NO. The molecule has 0 aliphatic rings. The van der Waals surface area contributed by atoms with Crippen molar-refractivity contribution in [3.63, 3.8) is 0 Å². The first-order valence-electron chi connectivity index (χ1n) is 3.39. The normalized spacial score (nSPS) is 9.09. The van der Waals surface area contributed by atoms with Gasteiger partial charge in [-0.15, -0.1) is 0 Å². The molecule has 1 aromatic rings. The number of aromatic hydroxyl groups is 1. The Morgan fingerprint density at radius 2 is 2.27 bits per heavy atom. The average molecular weight is 147 g/mol. The van der Waals surface area contributed by atoms with Crippen LogP contribution in [0.5, 0.6) is 5.75 Å². The van der Waals surface area contributed by atoms with Crippen molar-refractivity contribution in [3.8, 4) is 11.8 Å². The van der Waals surface area contributed by atoms with Crippen LogP contribution in [-0.4, -0.2) is 5.11 Å². The van der Waals surface area contributed by atoms with Gasteiger partial charge in [0.25, 0.3) is 0 Å². The minimum Gasteiger partial charge on any atom is -0.508 e. The predicted octanol–water partition coefficient (Wildman–Crippen LogP) is 1.77. The molecule has 1 aromatic carbocycles. The topological polar surface area (TPSA) is 44.0 Å². The van der Waals surface area contributed by atoms with E-state index in [1.165, 1.54) is 0 Å². The minimum atomic E-state index is 0.262. The Labute approximate surface area is 65.7 Å². The summed E-state index contributed by atoms with van der Waals surface area (Å²) in [6.07, 6.45) is 0.355. The van der Waals surface area contributed by atoms with Crippen LogP contribution in [0.4, 0.5) is 0 Å². The van der Waals surface area contributed by atoms with Crippen molar-refractivity contribution >= 4 is 0 Å². The molecule has 0 bridgehead atoms. The van der Waals surface area contributed by atoms with E-state index in [0.29, 0.717) is 6.42 Å². The summed E-state index contributed by atoms with van der Waals surface area (Å²) < 4.78 is 0. The fourth-order valence-corrected chi connectivity index (χ4v) is 0.856. The van der Waals surface area contributed by atoms with Crippen LogP contribution in [0, 0.1) is 18.3 Å². The number of nitrogens with zero attached hydrogens (tertiary/aromatic N) is 1. The fourth-order valence-electron chi connectivity index (χ4n) is 0.856. The molecular weight excluding hydrogens is 138 g/mol. The molecule has 0 heterocycles. The van der Waals surface area contributed by atoms with Gasteiger partial charge in [-0.2, -0.15) is 5.26 Å². The molecule has 56 valence electrons. The lowest BCUT2D eigenvalue weighted by Gasteiger charge is -1.99. The first-order chi connectivity index (χ1) is 5.24. The Balaban J connectivity index is 2.98. The zero-order chi connectivity index (χ0) is 8.27. The number of nitriles is 1. The summed E-state index contributed by atoms with van der Waals surface area (Å²) in [6.45, 7) is 1.82. The molecule has 0 aromatic heterocycles. The fraction of sp³-hybridized carbons (Fsp3) is 0.222. The third-order valence-electron chi connectivity index (χ3n) is 1.56. The van der Waals surface area contributed by atoms with Crippen LogP contribution in [0.25, 0.3) is 0 Å². The molecule has 0 aliphatic heterocycles. The van der Waals surface area contributed by atoms with Gasteiger partial charge in [0.05, 0.1) is 12.5 Å². The summed E-state index contributed by atoms with van der Waals surface area (Å²) in [4.78, 5) is 0. The second-order valence-corrected chi connectivity index (χ2v) is 2.46. The van der Waals surface area contributed by atoms with Gasteiger partial charge in [-0.25, -0.2) is 0 Å². The van der Waals surface area contributed by atoms with E-state index in [1.807, 2.05) is 25.1 Å². The molecule has 1 N–H and O–H groups in total. The third-order valence-corrected chi connectivity index (χ3v) is 1.56. The zero-order valence-electron chi connectivity index (χ0n) is 6.33. The second-order valence-electron chi connectivity index (χ2n) is 2.46. The number of rotatable bonds is 1. The predicted molar refractivity (Wildman–Crippen MR) is 42.2 cm³/mol. The summed E-state index contributed by atoms with van der Waals surface area (Å²) in [5, 5.41) is 17.6. The van der Waals surface area contributed by atoms with Crippen LogP contribution in [0.2, 0.25) is 0 Å². The number of hydrogen-bond acceptors (Lipinski definition) is 2. The maximum Gasteiger partial charge on any atom is 0.118 e. The van der Waals surface area contributed by atoms with Crippen molar-refractivity contribution < 1.29 is 5.11 Å². The molecule has 0 fully saturated rings. The van der Waals surface area contributed by atoms with Crippen LogP contribution in [0.3, 0.4) is 0 Å². The summed E-state index contributed by atoms with van der Waals surface area (Å²) in [5.74, 6) is 0.262. The highest BCUT2D eigenvalue weighted by molar-refractivity contribution is 5.36. The van der Waals surface area contributed by atoms with E-state index in [0.717, 1.165) is 11.1 Å². The van der Waals surface area contributed by atoms with E-state index < -0.39 is 0 Å². The molecule has 0 unspecified atom stereocenters. The smallest absolute Gasteiger partial charge is 0.118 e. The summed E-state index contributed by atoms with van der Waals surface area (Å²) >= 11 is 0. The van der Waals surface area contributed by atoms with Gasteiger partial charge < -0.3 is 5.11 Å². The van der Waals surface area contributed by atoms with Gasteiger partial charge >= 0.3 is 0 Å². The Morgan fingerprint density at radius 1 is 1.55 bits per heavy atom. The standard InChI is InChI=1S/C9H9NO/c1-7-2-3-8(4-5-10)6-9(7)11/h2-3,6,11H,4H2,1H3. The van der Waals surface area contributed by atoms with Gasteiger partial charge in [-0.05, 0) is 24.1 Å². The van der Waals surface area contributed by atoms with E-state index in [4.69, 9.17) is 5.26 Å². The Bertz CT molecular complexity index is 299. The lowest BCUT2D eigenvalue weighted by molar-refractivity contribution is 0.470. The third kappa shape index (κ3) is 1.71. The molecule has 11 heavy (non-hydrogen) atoms. The quantitative estimate of drug-likeness (QED) is 0.657. The lowest BCUT2D eigenvalue weighted by Crippen LogP contribution is -1.82. The van der Waals surface area contributed by atoms with Gasteiger partial charge in [0.2, 0.25) is 0 Å². The van der Waals surface area contributed by atoms with Gasteiger partial charge in [0.15, 0.2) is 0 Å².